The normalized spacial score (nSPS) is 11.8. The summed E-state index contributed by atoms with van der Waals surface area (Å²) in [6.45, 7) is 3.46. The van der Waals surface area contributed by atoms with E-state index < -0.39 is 23.5 Å². The molecule has 0 unspecified atom stereocenters. The maximum Gasteiger partial charge on any atom is 0.365 e. The third kappa shape index (κ3) is 3.66. The summed E-state index contributed by atoms with van der Waals surface area (Å²) in [7, 11) is 0. The van der Waals surface area contributed by atoms with Crippen LogP contribution in [0.3, 0.4) is 0 Å². The van der Waals surface area contributed by atoms with Crippen LogP contribution in [0, 0.1) is 12.7 Å². The van der Waals surface area contributed by atoms with Crippen LogP contribution in [-0.4, -0.2) is 20.7 Å². The molecule has 7 heteroatoms. The van der Waals surface area contributed by atoms with E-state index in [0.29, 0.717) is 5.69 Å². The lowest BCUT2D eigenvalue weighted by Crippen LogP contribution is -2.35. The summed E-state index contributed by atoms with van der Waals surface area (Å²) in [5, 5.41) is 6.50. The largest absolute Gasteiger partial charge is 0.365 e. The maximum atomic E-state index is 13.7. The van der Waals surface area contributed by atoms with Crippen LogP contribution in [0.2, 0.25) is 0 Å². The Morgan fingerprint density at radius 2 is 1.85 bits per heavy atom. The van der Waals surface area contributed by atoms with Crippen LogP contribution in [0.1, 0.15) is 18.5 Å². The third-order valence-corrected chi connectivity index (χ3v) is 3.94. The number of anilines is 1. The molecule has 1 atom stereocenters. The highest BCUT2D eigenvalue weighted by atomic mass is 19.1. The SMILES string of the molecule is Cc1ccc(-c2cnn([C@@H](C)C(=O)Nc3ccccc3F)c(=O)n2)cc1. The minimum Gasteiger partial charge on any atom is -0.322 e. The fraction of sp³-hybridized carbons (Fsp3) is 0.158. The van der Waals surface area contributed by atoms with E-state index in [4.69, 9.17) is 0 Å². The summed E-state index contributed by atoms with van der Waals surface area (Å²) < 4.78 is 14.6. The zero-order valence-electron chi connectivity index (χ0n) is 14.3. The molecule has 2 aromatic carbocycles. The van der Waals surface area contributed by atoms with Gasteiger partial charge in [0.25, 0.3) is 0 Å². The first kappa shape index (κ1) is 17.5. The second kappa shape index (κ2) is 7.26. The van der Waals surface area contributed by atoms with Crippen LogP contribution in [-0.2, 0) is 4.79 Å². The first-order valence-corrected chi connectivity index (χ1v) is 8.04. The number of para-hydroxylation sites is 1. The lowest BCUT2D eigenvalue weighted by atomic mass is 10.1. The number of amides is 1. The molecule has 1 N–H and O–H groups in total. The number of carbonyl (C=O) groups excluding carboxylic acids is 1. The van der Waals surface area contributed by atoms with Gasteiger partial charge >= 0.3 is 5.69 Å². The fourth-order valence-corrected chi connectivity index (χ4v) is 2.39. The van der Waals surface area contributed by atoms with Gasteiger partial charge in [0.05, 0.1) is 17.6 Å². The van der Waals surface area contributed by atoms with Crippen LogP contribution >= 0.6 is 0 Å². The van der Waals surface area contributed by atoms with Crippen LogP contribution in [0.15, 0.2) is 59.5 Å². The Kier molecular flexibility index (Phi) is 4.88. The minimum atomic E-state index is -0.943. The first-order valence-electron chi connectivity index (χ1n) is 8.04. The van der Waals surface area contributed by atoms with E-state index in [-0.39, 0.29) is 5.69 Å². The van der Waals surface area contributed by atoms with E-state index in [1.54, 1.807) is 6.07 Å². The van der Waals surface area contributed by atoms with Gasteiger partial charge < -0.3 is 5.32 Å². The Hall–Kier alpha value is -3.35. The van der Waals surface area contributed by atoms with E-state index in [0.717, 1.165) is 15.8 Å². The van der Waals surface area contributed by atoms with Crippen LogP contribution in [0.4, 0.5) is 10.1 Å². The van der Waals surface area contributed by atoms with E-state index in [2.05, 4.69) is 15.4 Å². The minimum absolute atomic E-state index is 0.0432. The molecular weight excluding hydrogens is 335 g/mol. The molecule has 1 amide bonds. The molecule has 1 aromatic heterocycles. The highest BCUT2D eigenvalue weighted by Gasteiger charge is 2.19. The van der Waals surface area contributed by atoms with E-state index in [1.807, 2.05) is 31.2 Å². The number of aromatic nitrogens is 3. The number of benzene rings is 2. The van der Waals surface area contributed by atoms with Crippen molar-refractivity contribution in [3.8, 4) is 11.3 Å². The van der Waals surface area contributed by atoms with Crippen molar-refractivity contribution >= 4 is 11.6 Å². The number of aryl methyl sites for hydroxylation is 1. The fourth-order valence-electron chi connectivity index (χ4n) is 2.39. The summed E-state index contributed by atoms with van der Waals surface area (Å²) in [5.74, 6) is -1.12. The average molecular weight is 352 g/mol. The summed E-state index contributed by atoms with van der Waals surface area (Å²) >= 11 is 0. The smallest absolute Gasteiger partial charge is 0.322 e. The zero-order valence-corrected chi connectivity index (χ0v) is 14.3. The number of hydrogen-bond acceptors (Lipinski definition) is 4. The number of rotatable bonds is 4. The van der Waals surface area contributed by atoms with Crippen molar-refractivity contribution in [2.24, 2.45) is 0 Å². The Bertz CT molecular complexity index is 999. The number of carbonyl (C=O) groups is 1. The van der Waals surface area contributed by atoms with Crippen molar-refractivity contribution in [3.63, 3.8) is 0 Å². The van der Waals surface area contributed by atoms with E-state index >= 15 is 0 Å². The number of halogens is 1. The predicted octanol–water partition coefficient (Wildman–Crippen LogP) is 2.95. The van der Waals surface area contributed by atoms with Crippen molar-refractivity contribution in [2.45, 2.75) is 19.9 Å². The Morgan fingerprint density at radius 3 is 2.50 bits per heavy atom. The monoisotopic (exact) mass is 352 g/mol. The summed E-state index contributed by atoms with van der Waals surface area (Å²) in [4.78, 5) is 28.6. The lowest BCUT2D eigenvalue weighted by Gasteiger charge is -2.14. The molecule has 0 saturated heterocycles. The van der Waals surface area contributed by atoms with Gasteiger partial charge in [0.15, 0.2) is 0 Å². The van der Waals surface area contributed by atoms with Gasteiger partial charge in [-0.3, -0.25) is 4.79 Å². The highest BCUT2D eigenvalue weighted by Crippen LogP contribution is 2.16. The topological polar surface area (TPSA) is 76.9 Å². The van der Waals surface area contributed by atoms with Crippen molar-refractivity contribution in [1.82, 2.24) is 14.8 Å². The molecule has 1 heterocycles. The van der Waals surface area contributed by atoms with Crippen molar-refractivity contribution in [3.05, 3.63) is 76.6 Å². The third-order valence-electron chi connectivity index (χ3n) is 3.94. The first-order chi connectivity index (χ1) is 12.5. The van der Waals surface area contributed by atoms with Gasteiger partial charge in [0, 0.05) is 5.56 Å². The predicted molar refractivity (Wildman–Crippen MR) is 96.2 cm³/mol. The molecule has 26 heavy (non-hydrogen) atoms. The molecule has 0 spiro atoms. The lowest BCUT2D eigenvalue weighted by molar-refractivity contribution is -0.119. The van der Waals surface area contributed by atoms with Gasteiger partial charge in [0.1, 0.15) is 11.9 Å². The Labute approximate surface area is 149 Å². The molecule has 0 aliphatic rings. The Morgan fingerprint density at radius 1 is 1.15 bits per heavy atom. The van der Waals surface area contributed by atoms with Crippen LogP contribution < -0.4 is 11.0 Å². The van der Waals surface area contributed by atoms with E-state index in [1.165, 1.54) is 31.3 Å². The zero-order chi connectivity index (χ0) is 18.7. The van der Waals surface area contributed by atoms with Crippen molar-refractivity contribution in [2.75, 3.05) is 5.32 Å². The maximum absolute atomic E-state index is 13.7. The summed E-state index contributed by atoms with van der Waals surface area (Å²) in [5.41, 5.74) is 1.66. The molecular formula is C19H17FN4O2. The molecule has 0 radical (unpaired) electrons. The van der Waals surface area contributed by atoms with Crippen molar-refractivity contribution < 1.29 is 9.18 Å². The van der Waals surface area contributed by atoms with E-state index in [9.17, 15) is 14.0 Å². The second-order valence-electron chi connectivity index (χ2n) is 5.88. The molecule has 6 nitrogen and oxygen atoms in total. The van der Waals surface area contributed by atoms with Gasteiger partial charge in [-0.25, -0.2) is 13.9 Å². The van der Waals surface area contributed by atoms with Gasteiger partial charge in [-0.15, -0.1) is 0 Å². The molecule has 0 aliphatic heterocycles. The summed E-state index contributed by atoms with van der Waals surface area (Å²) in [6, 6.07) is 12.4. The van der Waals surface area contributed by atoms with Crippen LogP contribution in [0.25, 0.3) is 11.3 Å². The quantitative estimate of drug-likeness (QED) is 0.783. The average Bonchev–Trinajstić information content (AvgIpc) is 2.63. The number of nitrogens with zero attached hydrogens (tertiary/aromatic N) is 3. The molecule has 3 aromatic rings. The Balaban J connectivity index is 1.82. The molecule has 0 fully saturated rings. The molecule has 3 rings (SSSR count). The van der Waals surface area contributed by atoms with Gasteiger partial charge in [0.2, 0.25) is 5.91 Å². The number of hydrogen-bond donors (Lipinski definition) is 1. The molecule has 0 aliphatic carbocycles. The second-order valence-corrected chi connectivity index (χ2v) is 5.88. The van der Waals surface area contributed by atoms with Gasteiger partial charge in [-0.2, -0.15) is 10.1 Å². The standard InChI is InChI=1S/C19H17FN4O2/c1-12-7-9-14(10-8-12)17-11-21-24(19(26)23-17)13(2)18(25)22-16-6-4-3-5-15(16)20/h3-11,13H,1-2H3,(H,22,25)/t13-/m0/s1. The van der Waals surface area contributed by atoms with Crippen molar-refractivity contribution in [1.29, 1.82) is 0 Å². The van der Waals surface area contributed by atoms with Gasteiger partial charge in [-0.1, -0.05) is 42.0 Å². The molecule has 132 valence electrons. The number of nitrogens with one attached hydrogen (secondary N) is 1. The van der Waals surface area contributed by atoms with Gasteiger partial charge in [-0.05, 0) is 26.0 Å². The molecule has 0 bridgehead atoms. The summed E-state index contributed by atoms with van der Waals surface area (Å²) in [6.07, 6.45) is 1.43. The molecule has 0 saturated carbocycles. The highest BCUT2D eigenvalue weighted by molar-refractivity contribution is 5.93. The van der Waals surface area contributed by atoms with Crippen LogP contribution in [0.5, 0.6) is 0 Å².